The molecule has 0 spiro atoms. The van der Waals surface area contributed by atoms with Gasteiger partial charge in [-0.2, -0.15) is 0 Å². The molecule has 1 aromatic carbocycles. The van der Waals surface area contributed by atoms with Crippen LogP contribution in [0.15, 0.2) is 37.3 Å². The quantitative estimate of drug-likeness (QED) is 0.254. The third-order valence-corrected chi connectivity index (χ3v) is 5.15. The van der Waals surface area contributed by atoms with Crippen molar-refractivity contribution in [2.75, 3.05) is 6.54 Å². The molecule has 0 radical (unpaired) electrons. The van der Waals surface area contributed by atoms with Crippen molar-refractivity contribution in [3.8, 4) is 0 Å². The average Bonchev–Trinajstić information content (AvgIpc) is 2.48. The van der Waals surface area contributed by atoms with Gasteiger partial charge in [-0.05, 0) is 0 Å². The Labute approximate surface area is 157 Å². The van der Waals surface area contributed by atoms with Crippen molar-refractivity contribution in [1.29, 1.82) is 0 Å². The van der Waals surface area contributed by atoms with Gasteiger partial charge < -0.3 is 0 Å². The third kappa shape index (κ3) is 7.88. The van der Waals surface area contributed by atoms with Crippen LogP contribution in [0.2, 0.25) is 0 Å². The molecule has 0 aliphatic rings. The van der Waals surface area contributed by atoms with Crippen LogP contribution in [0.1, 0.15) is 84.3 Å². The summed E-state index contributed by atoms with van der Waals surface area (Å²) < 4.78 is 9.68. The summed E-state index contributed by atoms with van der Waals surface area (Å²) in [6.07, 6.45) is 6.84. The minimum absolute atomic E-state index is 0.286. The number of rotatable bonds is 7. The summed E-state index contributed by atoms with van der Waals surface area (Å²) in [5.41, 5.74) is 4.25. The Bertz CT molecular complexity index is 575. The van der Waals surface area contributed by atoms with E-state index < -0.39 is 18.2 Å². The predicted octanol–water partition coefficient (Wildman–Crippen LogP) is 7.40. The minimum atomic E-state index is -0.646. The number of benzene rings is 1. The molecule has 0 aliphatic heterocycles. The molecule has 0 saturated heterocycles. The molecular formula is C21H34MoN2. The van der Waals surface area contributed by atoms with Crippen LogP contribution in [0.4, 0.5) is 5.69 Å². The molecule has 1 aromatic rings. The summed E-state index contributed by atoms with van der Waals surface area (Å²) in [7, 11) is 0. The summed E-state index contributed by atoms with van der Waals surface area (Å²) in [4.78, 5) is 0. The Morgan fingerprint density at radius 1 is 1.04 bits per heavy atom. The van der Waals surface area contributed by atoms with Gasteiger partial charge in [0, 0.05) is 0 Å². The Kier molecular flexibility index (Phi) is 9.13. The first-order chi connectivity index (χ1) is 11.2. The second-order valence-corrected chi connectivity index (χ2v) is 9.52. The number of unbranched alkanes of at least 4 members (excludes halogenated alkanes) is 1. The van der Waals surface area contributed by atoms with Crippen molar-refractivity contribution in [2.24, 2.45) is 12.4 Å². The molecule has 0 bridgehead atoms. The van der Waals surface area contributed by atoms with Crippen molar-refractivity contribution >= 4 is 5.69 Å². The topological polar surface area (TPSA) is 24.7 Å². The average molecular weight is 410 g/mol. The fourth-order valence-electron chi connectivity index (χ4n) is 2.44. The van der Waals surface area contributed by atoms with Crippen molar-refractivity contribution < 1.29 is 18.2 Å². The molecular weight excluding hydrogens is 376 g/mol. The molecule has 0 aliphatic carbocycles. The van der Waals surface area contributed by atoms with Crippen molar-refractivity contribution in [3.63, 3.8) is 0 Å². The summed E-state index contributed by atoms with van der Waals surface area (Å²) in [6, 6.07) is 6.61. The SMILES string of the molecule is CC(C)c1cccc(C(C)C)c1[N]=[Mo]=[N]CCC/C=C/C(C)(C)C. The van der Waals surface area contributed by atoms with Crippen LogP contribution in [0.5, 0.6) is 0 Å². The van der Waals surface area contributed by atoms with Gasteiger partial charge in [0.25, 0.3) is 0 Å². The Morgan fingerprint density at radius 3 is 2.12 bits per heavy atom. The standard InChI is InChI=1S/C12H17N.C9H17N.Mo/c1-8(2)10-6-5-7-11(9(3)4)12(10)13;1-9(2,3)7-5-4-6-8-10;/h5-9H,1-4H3;5,7H,4,6,8H2,1-3H3;/b;7-5+;. The molecule has 2 nitrogen and oxygen atoms in total. The molecule has 0 saturated carbocycles. The van der Waals surface area contributed by atoms with Crippen LogP contribution in [-0.2, 0) is 18.2 Å². The second-order valence-electron chi connectivity index (χ2n) is 8.03. The van der Waals surface area contributed by atoms with E-state index in [1.165, 1.54) is 16.8 Å². The first kappa shape index (κ1) is 21.3. The van der Waals surface area contributed by atoms with Gasteiger partial charge in [0.15, 0.2) is 0 Å². The Morgan fingerprint density at radius 2 is 1.62 bits per heavy atom. The van der Waals surface area contributed by atoms with E-state index in [9.17, 15) is 0 Å². The molecule has 3 heteroatoms. The first-order valence-electron chi connectivity index (χ1n) is 9.07. The van der Waals surface area contributed by atoms with Gasteiger partial charge in [-0.1, -0.05) is 0 Å². The number of hydrogen-bond donors (Lipinski definition) is 0. The predicted molar refractivity (Wildman–Crippen MR) is 102 cm³/mol. The van der Waals surface area contributed by atoms with E-state index in [1.54, 1.807) is 0 Å². The first-order valence-corrected chi connectivity index (χ1v) is 10.9. The summed E-state index contributed by atoms with van der Waals surface area (Å²) in [6.45, 7) is 16.6. The molecule has 0 atom stereocenters. The molecule has 134 valence electrons. The zero-order valence-electron chi connectivity index (χ0n) is 16.5. The van der Waals surface area contributed by atoms with E-state index in [4.69, 9.17) is 6.99 Å². The Hall–Kier alpha value is -0.752. The van der Waals surface area contributed by atoms with E-state index in [-0.39, 0.29) is 5.41 Å². The van der Waals surface area contributed by atoms with Crippen molar-refractivity contribution in [3.05, 3.63) is 41.5 Å². The van der Waals surface area contributed by atoms with Gasteiger partial charge in [0.2, 0.25) is 0 Å². The number of allylic oxidation sites excluding steroid dienone is 2. The van der Waals surface area contributed by atoms with Crippen LogP contribution in [-0.4, -0.2) is 6.54 Å². The van der Waals surface area contributed by atoms with E-state index in [2.05, 4.69) is 78.8 Å². The van der Waals surface area contributed by atoms with Crippen LogP contribution < -0.4 is 0 Å². The number of nitrogens with zero attached hydrogens (tertiary/aromatic N) is 2. The van der Waals surface area contributed by atoms with Gasteiger partial charge in [-0.15, -0.1) is 0 Å². The fourth-order valence-corrected chi connectivity index (χ4v) is 3.82. The summed E-state index contributed by atoms with van der Waals surface area (Å²) >= 11 is -0.646. The summed E-state index contributed by atoms with van der Waals surface area (Å²) in [5, 5.41) is 0. The molecule has 0 aromatic heterocycles. The van der Waals surface area contributed by atoms with Gasteiger partial charge in [0.1, 0.15) is 0 Å². The van der Waals surface area contributed by atoms with Crippen LogP contribution in [0.25, 0.3) is 0 Å². The maximum absolute atomic E-state index is 4.95. The third-order valence-electron chi connectivity index (χ3n) is 3.77. The van der Waals surface area contributed by atoms with Crippen LogP contribution in [0.3, 0.4) is 0 Å². The zero-order valence-corrected chi connectivity index (χ0v) is 18.5. The molecule has 0 amide bonds. The van der Waals surface area contributed by atoms with E-state index in [0.29, 0.717) is 11.8 Å². The van der Waals surface area contributed by atoms with E-state index in [0.717, 1.165) is 19.4 Å². The van der Waals surface area contributed by atoms with E-state index in [1.807, 2.05) is 0 Å². The summed E-state index contributed by atoms with van der Waals surface area (Å²) in [5.74, 6) is 1.02. The van der Waals surface area contributed by atoms with Gasteiger partial charge in [-0.25, -0.2) is 0 Å². The molecule has 0 heterocycles. The van der Waals surface area contributed by atoms with Crippen LogP contribution >= 0.6 is 0 Å². The van der Waals surface area contributed by atoms with Crippen molar-refractivity contribution in [2.45, 2.75) is 73.1 Å². The van der Waals surface area contributed by atoms with Crippen molar-refractivity contribution in [1.82, 2.24) is 0 Å². The fraction of sp³-hybridized carbons (Fsp3) is 0.619. The van der Waals surface area contributed by atoms with Gasteiger partial charge in [0.05, 0.1) is 0 Å². The van der Waals surface area contributed by atoms with Gasteiger partial charge >= 0.3 is 157 Å². The Balaban J connectivity index is 2.74. The van der Waals surface area contributed by atoms with E-state index >= 15 is 0 Å². The second kappa shape index (κ2) is 10.3. The maximum atomic E-state index is 4.95. The molecule has 0 unspecified atom stereocenters. The molecule has 1 rings (SSSR count). The van der Waals surface area contributed by atoms with Crippen LogP contribution in [0, 0.1) is 5.41 Å². The molecule has 0 fully saturated rings. The van der Waals surface area contributed by atoms with Gasteiger partial charge in [-0.3, -0.25) is 0 Å². The zero-order chi connectivity index (χ0) is 18.2. The normalized spacial score (nSPS) is 12.2. The monoisotopic (exact) mass is 412 g/mol. The number of hydrogen-bond acceptors (Lipinski definition) is 2. The molecule has 24 heavy (non-hydrogen) atoms. The molecule has 0 N–H and O–H groups in total.